The second-order valence-corrected chi connectivity index (χ2v) is 3.29. The zero-order chi connectivity index (χ0) is 11.4. The molecule has 1 N–H and O–H groups in total. The maximum absolute atomic E-state index is 11.7. The first-order valence-corrected chi connectivity index (χ1v) is 4.84. The zero-order valence-electron chi connectivity index (χ0n) is 8.09. The number of aromatic nitrogens is 3. The Morgan fingerprint density at radius 2 is 2.12 bits per heavy atom. The van der Waals surface area contributed by atoms with E-state index in [4.69, 9.17) is 11.6 Å². The Labute approximate surface area is 96.5 Å². The summed E-state index contributed by atoms with van der Waals surface area (Å²) in [7, 11) is 0. The van der Waals surface area contributed by atoms with Gasteiger partial charge in [-0.15, -0.1) is 0 Å². The Morgan fingerprint density at radius 3 is 2.81 bits per heavy atom. The molecule has 0 fully saturated rings. The van der Waals surface area contributed by atoms with Gasteiger partial charge in [0.05, 0.1) is 23.6 Å². The maximum atomic E-state index is 11.7. The predicted molar refractivity (Wildman–Crippen MR) is 59.2 cm³/mol. The molecule has 0 aliphatic heterocycles. The third kappa shape index (κ3) is 2.32. The van der Waals surface area contributed by atoms with Crippen molar-refractivity contribution in [2.75, 3.05) is 5.32 Å². The van der Waals surface area contributed by atoms with Crippen molar-refractivity contribution < 1.29 is 4.79 Å². The van der Waals surface area contributed by atoms with E-state index in [0.717, 1.165) is 0 Å². The summed E-state index contributed by atoms with van der Waals surface area (Å²) in [5.74, 6) is -0.301. The molecule has 2 aromatic rings. The van der Waals surface area contributed by atoms with Gasteiger partial charge >= 0.3 is 0 Å². The third-order valence-electron chi connectivity index (χ3n) is 1.85. The molecule has 0 aliphatic carbocycles. The number of pyridine rings is 1. The molecule has 6 heteroatoms. The van der Waals surface area contributed by atoms with Gasteiger partial charge < -0.3 is 5.32 Å². The summed E-state index contributed by atoms with van der Waals surface area (Å²) in [5.41, 5.74) is 0.876. The van der Waals surface area contributed by atoms with Gasteiger partial charge in [0.25, 0.3) is 5.91 Å². The van der Waals surface area contributed by atoms with Crippen molar-refractivity contribution >= 4 is 23.2 Å². The SMILES string of the molecule is O=C(Nc1cccnc1Cl)c1ccnnc1. The van der Waals surface area contributed by atoms with Crippen molar-refractivity contribution in [1.82, 2.24) is 15.2 Å². The second kappa shape index (κ2) is 4.67. The molecule has 0 unspecified atom stereocenters. The van der Waals surface area contributed by atoms with Gasteiger partial charge in [0.1, 0.15) is 0 Å². The summed E-state index contributed by atoms with van der Waals surface area (Å²) in [6.45, 7) is 0. The first kappa shape index (κ1) is 10.5. The molecule has 0 aromatic carbocycles. The van der Waals surface area contributed by atoms with Crippen molar-refractivity contribution in [1.29, 1.82) is 0 Å². The number of amides is 1. The van der Waals surface area contributed by atoms with Crippen molar-refractivity contribution in [3.05, 3.63) is 47.5 Å². The van der Waals surface area contributed by atoms with Gasteiger partial charge in [-0.2, -0.15) is 10.2 Å². The molecule has 5 nitrogen and oxygen atoms in total. The molecule has 0 bridgehead atoms. The molecule has 1 amide bonds. The highest BCUT2D eigenvalue weighted by atomic mass is 35.5. The summed E-state index contributed by atoms with van der Waals surface area (Å²) in [5, 5.41) is 10.1. The molecule has 2 rings (SSSR count). The second-order valence-electron chi connectivity index (χ2n) is 2.93. The van der Waals surface area contributed by atoms with Crippen molar-refractivity contribution in [2.45, 2.75) is 0 Å². The van der Waals surface area contributed by atoms with Crippen LogP contribution in [0, 0.1) is 0 Å². The molecule has 80 valence electrons. The van der Waals surface area contributed by atoms with E-state index in [1.54, 1.807) is 24.4 Å². The Hall–Kier alpha value is -2.01. The highest BCUT2D eigenvalue weighted by Gasteiger charge is 2.08. The van der Waals surface area contributed by atoms with Crippen LogP contribution in [0.15, 0.2) is 36.8 Å². The Kier molecular flexibility index (Phi) is 3.07. The van der Waals surface area contributed by atoms with Crippen LogP contribution in [0.2, 0.25) is 5.15 Å². The minimum absolute atomic E-state index is 0.248. The number of hydrogen-bond acceptors (Lipinski definition) is 4. The largest absolute Gasteiger partial charge is 0.319 e. The minimum atomic E-state index is -0.301. The van der Waals surface area contributed by atoms with Crippen LogP contribution in [-0.4, -0.2) is 21.1 Å². The highest BCUT2D eigenvalue weighted by molar-refractivity contribution is 6.32. The fourth-order valence-corrected chi connectivity index (χ4v) is 1.27. The summed E-state index contributed by atoms with van der Waals surface area (Å²) in [6.07, 6.45) is 4.37. The third-order valence-corrected chi connectivity index (χ3v) is 2.15. The lowest BCUT2D eigenvalue weighted by Crippen LogP contribution is -2.12. The lowest BCUT2D eigenvalue weighted by atomic mass is 10.3. The quantitative estimate of drug-likeness (QED) is 0.805. The molecule has 0 spiro atoms. The number of anilines is 1. The molecular weight excluding hydrogens is 228 g/mol. The maximum Gasteiger partial charge on any atom is 0.257 e. The van der Waals surface area contributed by atoms with Crippen LogP contribution in [0.3, 0.4) is 0 Å². The lowest BCUT2D eigenvalue weighted by molar-refractivity contribution is 0.102. The van der Waals surface area contributed by atoms with Gasteiger partial charge in [-0.3, -0.25) is 4.79 Å². The highest BCUT2D eigenvalue weighted by Crippen LogP contribution is 2.17. The Balaban J connectivity index is 2.18. The van der Waals surface area contributed by atoms with Crippen molar-refractivity contribution in [2.24, 2.45) is 0 Å². The first-order valence-electron chi connectivity index (χ1n) is 4.46. The first-order chi connectivity index (χ1) is 7.77. The number of nitrogens with zero attached hydrogens (tertiary/aromatic N) is 3. The van der Waals surface area contributed by atoms with Crippen LogP contribution in [0.25, 0.3) is 0 Å². The molecule has 2 heterocycles. The fourth-order valence-electron chi connectivity index (χ4n) is 1.10. The van der Waals surface area contributed by atoms with Crippen LogP contribution in [0.5, 0.6) is 0 Å². The van der Waals surface area contributed by atoms with Gasteiger partial charge in [0.15, 0.2) is 5.15 Å². The molecule has 0 aliphatic rings. The Morgan fingerprint density at radius 1 is 1.25 bits per heavy atom. The van der Waals surface area contributed by atoms with Gasteiger partial charge in [-0.25, -0.2) is 4.98 Å². The number of carbonyl (C=O) groups excluding carboxylic acids is 1. The van der Waals surface area contributed by atoms with E-state index < -0.39 is 0 Å². The number of hydrogen-bond donors (Lipinski definition) is 1. The summed E-state index contributed by atoms with van der Waals surface area (Å²) >= 11 is 5.80. The standard InChI is InChI=1S/C10H7ClN4O/c11-9-8(2-1-4-12-9)15-10(16)7-3-5-13-14-6-7/h1-6H,(H,15,16). The van der Waals surface area contributed by atoms with Crippen molar-refractivity contribution in [3.8, 4) is 0 Å². The molecule has 0 saturated carbocycles. The molecule has 0 saturated heterocycles. The zero-order valence-corrected chi connectivity index (χ0v) is 8.85. The average molecular weight is 235 g/mol. The van der Waals surface area contributed by atoms with Crippen molar-refractivity contribution in [3.63, 3.8) is 0 Å². The van der Waals surface area contributed by atoms with E-state index in [9.17, 15) is 4.79 Å². The molecule has 2 aromatic heterocycles. The monoisotopic (exact) mass is 234 g/mol. The molecule has 16 heavy (non-hydrogen) atoms. The minimum Gasteiger partial charge on any atom is -0.319 e. The van der Waals surface area contributed by atoms with Crippen LogP contribution in [0.4, 0.5) is 5.69 Å². The summed E-state index contributed by atoms with van der Waals surface area (Å²) in [6, 6.07) is 4.92. The Bertz CT molecular complexity index is 503. The molecule has 0 radical (unpaired) electrons. The van der Waals surface area contributed by atoms with E-state index in [1.165, 1.54) is 12.4 Å². The van der Waals surface area contributed by atoms with E-state index in [1.807, 2.05) is 0 Å². The van der Waals surface area contributed by atoms with Gasteiger partial charge in [0.2, 0.25) is 0 Å². The van der Waals surface area contributed by atoms with Gasteiger partial charge in [-0.05, 0) is 18.2 Å². The van der Waals surface area contributed by atoms with Crippen LogP contribution in [-0.2, 0) is 0 Å². The predicted octanol–water partition coefficient (Wildman–Crippen LogP) is 1.78. The molecular formula is C10H7ClN4O. The van der Waals surface area contributed by atoms with E-state index in [0.29, 0.717) is 11.3 Å². The number of carbonyl (C=O) groups is 1. The number of nitrogens with one attached hydrogen (secondary N) is 1. The van der Waals surface area contributed by atoms with E-state index >= 15 is 0 Å². The summed E-state index contributed by atoms with van der Waals surface area (Å²) < 4.78 is 0. The fraction of sp³-hybridized carbons (Fsp3) is 0. The van der Waals surface area contributed by atoms with Crippen LogP contribution >= 0.6 is 11.6 Å². The van der Waals surface area contributed by atoms with E-state index in [-0.39, 0.29) is 11.1 Å². The average Bonchev–Trinajstić information content (AvgIpc) is 2.33. The van der Waals surface area contributed by atoms with Crippen LogP contribution < -0.4 is 5.32 Å². The van der Waals surface area contributed by atoms with Gasteiger partial charge in [0, 0.05) is 6.20 Å². The van der Waals surface area contributed by atoms with Gasteiger partial charge in [-0.1, -0.05) is 11.6 Å². The van der Waals surface area contributed by atoms with Crippen LogP contribution in [0.1, 0.15) is 10.4 Å². The smallest absolute Gasteiger partial charge is 0.257 e. The normalized spacial score (nSPS) is 9.81. The lowest BCUT2D eigenvalue weighted by Gasteiger charge is -2.05. The van der Waals surface area contributed by atoms with E-state index in [2.05, 4.69) is 20.5 Å². The topological polar surface area (TPSA) is 67.8 Å². The number of rotatable bonds is 2. The summed E-state index contributed by atoms with van der Waals surface area (Å²) in [4.78, 5) is 15.5. The molecule has 0 atom stereocenters. The number of halogens is 1.